The zero-order chi connectivity index (χ0) is 14.4. The molecule has 0 aliphatic carbocycles. The number of carbonyl (C=O) groups excluding carboxylic acids is 1. The van der Waals surface area contributed by atoms with Gasteiger partial charge in [-0.25, -0.2) is 0 Å². The van der Waals surface area contributed by atoms with Crippen LogP contribution in [0.2, 0.25) is 0 Å². The molecule has 1 atom stereocenters. The number of carbonyl (C=O) groups is 1. The summed E-state index contributed by atoms with van der Waals surface area (Å²) in [6, 6.07) is 19.5. The van der Waals surface area contributed by atoms with Crippen molar-refractivity contribution in [3.05, 3.63) is 71.8 Å². The van der Waals surface area contributed by atoms with Crippen LogP contribution < -0.4 is 10.2 Å². The molecule has 0 radical (unpaired) electrons. The standard InChI is InChI=1S/C17H20N2O/c1-19(2)13-16(14-9-5-3-6-10-14)18-17(20)15-11-7-4-8-12-15/h3-12,16H,13H2,1-2H3,(H,18,20)/p+1/t16-/m1/s1. The molecule has 0 saturated heterocycles. The van der Waals surface area contributed by atoms with Crippen molar-refractivity contribution in [2.24, 2.45) is 0 Å². The molecule has 0 fully saturated rings. The summed E-state index contributed by atoms with van der Waals surface area (Å²) in [6.45, 7) is 0.850. The molecule has 0 aliphatic rings. The van der Waals surface area contributed by atoms with Crippen LogP contribution in [0.4, 0.5) is 0 Å². The molecule has 0 spiro atoms. The van der Waals surface area contributed by atoms with Crippen molar-refractivity contribution >= 4 is 5.91 Å². The van der Waals surface area contributed by atoms with Gasteiger partial charge in [-0.1, -0.05) is 48.5 Å². The van der Waals surface area contributed by atoms with E-state index in [4.69, 9.17) is 0 Å². The van der Waals surface area contributed by atoms with Gasteiger partial charge in [0.15, 0.2) is 0 Å². The lowest BCUT2D eigenvalue weighted by molar-refractivity contribution is -0.860. The van der Waals surface area contributed by atoms with E-state index in [1.165, 1.54) is 4.90 Å². The smallest absolute Gasteiger partial charge is 0.251 e. The van der Waals surface area contributed by atoms with Gasteiger partial charge in [0.25, 0.3) is 5.91 Å². The van der Waals surface area contributed by atoms with Crippen molar-refractivity contribution in [2.45, 2.75) is 6.04 Å². The number of hydrogen-bond donors (Lipinski definition) is 2. The lowest BCUT2D eigenvalue weighted by Gasteiger charge is -2.20. The third-order valence-electron chi connectivity index (χ3n) is 3.16. The molecule has 0 aromatic heterocycles. The van der Waals surface area contributed by atoms with E-state index < -0.39 is 0 Å². The van der Waals surface area contributed by atoms with Crippen LogP contribution in [0, 0.1) is 0 Å². The number of benzene rings is 2. The molecule has 3 nitrogen and oxygen atoms in total. The number of likely N-dealkylation sites (N-methyl/N-ethyl adjacent to an activating group) is 1. The topological polar surface area (TPSA) is 33.5 Å². The minimum atomic E-state index is -0.0271. The van der Waals surface area contributed by atoms with E-state index in [0.717, 1.165) is 12.1 Å². The van der Waals surface area contributed by atoms with Crippen LogP contribution in [0.3, 0.4) is 0 Å². The van der Waals surface area contributed by atoms with Crippen molar-refractivity contribution in [1.82, 2.24) is 5.32 Å². The molecule has 2 aromatic rings. The van der Waals surface area contributed by atoms with Gasteiger partial charge in [-0.3, -0.25) is 4.79 Å². The molecule has 2 N–H and O–H groups in total. The van der Waals surface area contributed by atoms with Gasteiger partial charge in [0.2, 0.25) is 0 Å². The first-order valence-corrected chi connectivity index (χ1v) is 6.86. The van der Waals surface area contributed by atoms with Gasteiger partial charge in [0, 0.05) is 5.56 Å². The van der Waals surface area contributed by atoms with Gasteiger partial charge >= 0.3 is 0 Å². The minimum absolute atomic E-state index is 0.0221. The van der Waals surface area contributed by atoms with Crippen molar-refractivity contribution in [3.63, 3.8) is 0 Å². The maximum Gasteiger partial charge on any atom is 0.251 e. The molecule has 0 heterocycles. The summed E-state index contributed by atoms with van der Waals surface area (Å²) in [6.07, 6.45) is 0. The Balaban J connectivity index is 2.14. The maximum atomic E-state index is 12.3. The number of amides is 1. The first kappa shape index (κ1) is 14.3. The second kappa shape index (κ2) is 6.87. The highest BCUT2D eigenvalue weighted by molar-refractivity contribution is 5.94. The minimum Gasteiger partial charge on any atom is -0.340 e. The summed E-state index contributed by atoms with van der Waals surface area (Å²) in [4.78, 5) is 13.6. The molecule has 2 aromatic carbocycles. The van der Waals surface area contributed by atoms with Crippen LogP contribution in [0.1, 0.15) is 22.0 Å². The highest BCUT2D eigenvalue weighted by Gasteiger charge is 2.18. The van der Waals surface area contributed by atoms with E-state index in [1.54, 1.807) is 0 Å². The third-order valence-corrected chi connectivity index (χ3v) is 3.16. The fraction of sp³-hybridized carbons (Fsp3) is 0.235. The van der Waals surface area contributed by atoms with Crippen LogP contribution in [0.15, 0.2) is 60.7 Å². The van der Waals surface area contributed by atoms with Crippen LogP contribution >= 0.6 is 0 Å². The Bertz CT molecular complexity index is 537. The summed E-state index contributed by atoms with van der Waals surface area (Å²) < 4.78 is 0. The average molecular weight is 269 g/mol. The van der Waals surface area contributed by atoms with Crippen LogP contribution in [0.5, 0.6) is 0 Å². The molecule has 3 heteroatoms. The average Bonchev–Trinajstić information content (AvgIpc) is 2.48. The number of quaternary nitrogens is 1. The van der Waals surface area contributed by atoms with E-state index in [2.05, 4.69) is 31.5 Å². The monoisotopic (exact) mass is 269 g/mol. The number of nitrogens with one attached hydrogen (secondary N) is 2. The fourth-order valence-corrected chi connectivity index (χ4v) is 2.18. The molecule has 2 rings (SSSR count). The van der Waals surface area contributed by atoms with E-state index >= 15 is 0 Å². The first-order valence-electron chi connectivity index (χ1n) is 6.86. The quantitative estimate of drug-likeness (QED) is 0.843. The molecule has 0 unspecified atom stereocenters. The van der Waals surface area contributed by atoms with E-state index in [1.807, 2.05) is 48.5 Å². The SMILES string of the molecule is C[NH+](C)C[C@@H](NC(=O)c1ccccc1)c1ccccc1. The van der Waals surface area contributed by atoms with Crippen molar-refractivity contribution in [2.75, 3.05) is 20.6 Å². The van der Waals surface area contributed by atoms with Crippen molar-refractivity contribution < 1.29 is 9.69 Å². The van der Waals surface area contributed by atoms with Gasteiger partial charge in [-0.15, -0.1) is 0 Å². The van der Waals surface area contributed by atoms with Gasteiger partial charge in [-0.05, 0) is 17.7 Å². The Hall–Kier alpha value is -2.13. The maximum absolute atomic E-state index is 12.3. The Morgan fingerprint density at radius 3 is 2.10 bits per heavy atom. The molecule has 1 amide bonds. The van der Waals surface area contributed by atoms with Crippen molar-refractivity contribution in [3.8, 4) is 0 Å². The summed E-state index contributed by atoms with van der Waals surface area (Å²) in [5.74, 6) is -0.0271. The summed E-state index contributed by atoms with van der Waals surface area (Å²) in [5.41, 5.74) is 1.83. The van der Waals surface area contributed by atoms with E-state index in [9.17, 15) is 4.79 Å². The van der Waals surface area contributed by atoms with Gasteiger partial charge in [-0.2, -0.15) is 0 Å². The van der Waals surface area contributed by atoms with Crippen LogP contribution in [-0.2, 0) is 0 Å². The molecule has 104 valence electrons. The third kappa shape index (κ3) is 3.93. The molecular formula is C17H21N2O+. The molecule has 20 heavy (non-hydrogen) atoms. The highest BCUT2D eigenvalue weighted by atomic mass is 16.1. The summed E-state index contributed by atoms with van der Waals surface area (Å²) >= 11 is 0. The van der Waals surface area contributed by atoms with Gasteiger partial charge < -0.3 is 10.2 Å². The Morgan fingerprint density at radius 2 is 1.55 bits per heavy atom. The lowest BCUT2D eigenvalue weighted by atomic mass is 10.1. The van der Waals surface area contributed by atoms with Crippen LogP contribution in [0.25, 0.3) is 0 Å². The zero-order valence-electron chi connectivity index (χ0n) is 12.0. The molecule has 0 bridgehead atoms. The zero-order valence-corrected chi connectivity index (χ0v) is 12.0. The van der Waals surface area contributed by atoms with Crippen molar-refractivity contribution in [1.29, 1.82) is 0 Å². The number of rotatable bonds is 5. The molecule has 0 saturated carbocycles. The second-order valence-electron chi connectivity index (χ2n) is 5.21. The van der Waals surface area contributed by atoms with E-state index in [-0.39, 0.29) is 11.9 Å². The lowest BCUT2D eigenvalue weighted by Crippen LogP contribution is -3.06. The van der Waals surface area contributed by atoms with Crippen LogP contribution in [-0.4, -0.2) is 26.5 Å². The highest BCUT2D eigenvalue weighted by Crippen LogP contribution is 2.12. The Labute approximate surface area is 120 Å². The van der Waals surface area contributed by atoms with E-state index in [0.29, 0.717) is 5.56 Å². The summed E-state index contributed by atoms with van der Waals surface area (Å²) in [5, 5.41) is 3.12. The normalized spacial score (nSPS) is 12.2. The Morgan fingerprint density at radius 1 is 1.00 bits per heavy atom. The summed E-state index contributed by atoms with van der Waals surface area (Å²) in [7, 11) is 4.18. The second-order valence-corrected chi connectivity index (χ2v) is 5.21. The Kier molecular flexibility index (Phi) is 4.91. The predicted molar refractivity (Wildman–Crippen MR) is 80.8 cm³/mol. The largest absolute Gasteiger partial charge is 0.340 e. The molecule has 0 aliphatic heterocycles. The number of hydrogen-bond acceptors (Lipinski definition) is 1. The molecular weight excluding hydrogens is 248 g/mol. The predicted octanol–water partition coefficient (Wildman–Crippen LogP) is 1.30. The first-order chi connectivity index (χ1) is 9.66. The van der Waals surface area contributed by atoms with Gasteiger partial charge in [0.05, 0.1) is 14.1 Å². The fourth-order valence-electron chi connectivity index (χ4n) is 2.18. The van der Waals surface area contributed by atoms with Gasteiger partial charge in [0.1, 0.15) is 12.6 Å².